The summed E-state index contributed by atoms with van der Waals surface area (Å²) in [6, 6.07) is 0. The van der Waals surface area contributed by atoms with Gasteiger partial charge < -0.3 is 0 Å². The first kappa shape index (κ1) is 19.1. The van der Waals surface area contributed by atoms with E-state index in [4.69, 9.17) is 0 Å². The molecule has 114 valence electrons. The number of hydrogen-bond donors (Lipinski definition) is 1. The lowest BCUT2D eigenvalue weighted by atomic mass is 10.1. The summed E-state index contributed by atoms with van der Waals surface area (Å²) in [5.41, 5.74) is 0. The minimum absolute atomic E-state index is 1.06. The molecule has 0 saturated heterocycles. The van der Waals surface area contributed by atoms with Crippen molar-refractivity contribution in [1.82, 2.24) is 0 Å². The first-order valence-electron chi connectivity index (χ1n) is 8.67. The van der Waals surface area contributed by atoms with Gasteiger partial charge in [-0.15, -0.1) is 0 Å². The van der Waals surface area contributed by atoms with Crippen LogP contribution in [-0.2, 0) is 0 Å². The van der Waals surface area contributed by atoms with Crippen LogP contribution in [0.25, 0.3) is 0 Å². The second kappa shape index (κ2) is 18.1. The summed E-state index contributed by atoms with van der Waals surface area (Å²) in [4.78, 5) is 0. The lowest BCUT2D eigenvalue weighted by Crippen LogP contribution is -1.80. The largest absolute Gasteiger partial charge is 0.179 e. The van der Waals surface area contributed by atoms with E-state index in [0.29, 0.717) is 0 Å². The first-order chi connectivity index (χ1) is 9.41. The van der Waals surface area contributed by atoms with Gasteiger partial charge in [0.25, 0.3) is 0 Å². The van der Waals surface area contributed by atoms with Crippen LogP contribution in [0.1, 0.15) is 96.8 Å². The Bertz CT molecular complexity index is 175. The van der Waals surface area contributed by atoms with Gasteiger partial charge in [0.2, 0.25) is 0 Å². The Morgan fingerprint density at radius 2 is 1.00 bits per heavy atom. The Morgan fingerprint density at radius 1 is 0.579 bits per heavy atom. The fraction of sp³-hybridized carbons (Fsp3) is 0.889. The van der Waals surface area contributed by atoms with E-state index in [2.05, 4.69) is 31.7 Å². The molecule has 0 amide bonds. The second-order valence-electron chi connectivity index (χ2n) is 5.66. The summed E-state index contributed by atoms with van der Waals surface area (Å²) in [7, 11) is 0. The molecule has 0 spiro atoms. The van der Waals surface area contributed by atoms with Gasteiger partial charge in [0.15, 0.2) is 0 Å². The molecule has 0 heterocycles. The number of allylic oxidation sites excluding steroid dienone is 2. The Hall–Kier alpha value is 0.0900. The average molecular weight is 285 g/mol. The number of rotatable bonds is 15. The zero-order valence-electron chi connectivity index (χ0n) is 13.2. The highest BCUT2D eigenvalue weighted by molar-refractivity contribution is 7.80. The summed E-state index contributed by atoms with van der Waals surface area (Å²) in [5.74, 6) is 1.06. The highest BCUT2D eigenvalue weighted by Gasteiger charge is 1.90. The van der Waals surface area contributed by atoms with Crippen LogP contribution in [0.3, 0.4) is 0 Å². The Kier molecular flexibility index (Phi) is 18.2. The number of unbranched alkanes of at least 4 members (excludes halogenated alkanes) is 12. The van der Waals surface area contributed by atoms with Gasteiger partial charge in [0, 0.05) is 0 Å². The van der Waals surface area contributed by atoms with Gasteiger partial charge in [0.05, 0.1) is 0 Å². The summed E-state index contributed by atoms with van der Waals surface area (Å²) in [5, 5.41) is 0. The van der Waals surface area contributed by atoms with E-state index in [1.807, 2.05) is 0 Å². The molecule has 0 aromatic carbocycles. The summed E-state index contributed by atoms with van der Waals surface area (Å²) >= 11 is 4.23. The van der Waals surface area contributed by atoms with Crippen LogP contribution in [-0.4, -0.2) is 5.75 Å². The molecule has 0 unspecified atom stereocenters. The van der Waals surface area contributed by atoms with Crippen LogP contribution in [0.2, 0.25) is 0 Å². The molecule has 0 fully saturated rings. The SMILES string of the molecule is CCCCCCCC/C=C/CCCCCCCCS. The summed E-state index contributed by atoms with van der Waals surface area (Å²) in [6.07, 6.45) is 24.2. The molecule has 0 aliphatic rings. The number of hydrogen-bond acceptors (Lipinski definition) is 1. The molecule has 0 bridgehead atoms. The lowest BCUT2D eigenvalue weighted by molar-refractivity contribution is 0.607. The van der Waals surface area contributed by atoms with Crippen molar-refractivity contribution in [1.29, 1.82) is 0 Å². The molecule has 0 saturated carbocycles. The van der Waals surface area contributed by atoms with Gasteiger partial charge >= 0.3 is 0 Å². The molecule has 1 heteroatoms. The van der Waals surface area contributed by atoms with Gasteiger partial charge in [0.1, 0.15) is 0 Å². The smallest absolute Gasteiger partial charge is 0.00979 e. The maximum absolute atomic E-state index is 4.23. The van der Waals surface area contributed by atoms with Crippen molar-refractivity contribution < 1.29 is 0 Å². The maximum Gasteiger partial charge on any atom is -0.00979 e. The van der Waals surface area contributed by atoms with Crippen molar-refractivity contribution in [3.05, 3.63) is 12.2 Å². The van der Waals surface area contributed by atoms with Crippen LogP contribution >= 0.6 is 12.6 Å². The Balaban J connectivity index is 3.01. The standard InChI is InChI=1S/C18H36S/c1-2-3-4-5-6-7-8-9-10-11-12-13-14-15-16-17-18-19/h9-10,19H,2-8,11-18H2,1H3/b10-9+. The minimum atomic E-state index is 1.06. The third-order valence-corrected chi connectivity index (χ3v) is 3.99. The predicted octanol–water partition coefficient (Wildman–Crippen LogP) is 6.95. The predicted molar refractivity (Wildman–Crippen MR) is 93.3 cm³/mol. The van der Waals surface area contributed by atoms with Crippen molar-refractivity contribution in [2.45, 2.75) is 96.8 Å². The first-order valence-corrected chi connectivity index (χ1v) is 9.31. The normalized spacial score (nSPS) is 11.5. The van der Waals surface area contributed by atoms with Crippen LogP contribution in [0.4, 0.5) is 0 Å². The van der Waals surface area contributed by atoms with Gasteiger partial charge in [-0.1, -0.05) is 76.9 Å². The monoisotopic (exact) mass is 284 g/mol. The Morgan fingerprint density at radius 3 is 1.47 bits per heavy atom. The van der Waals surface area contributed by atoms with E-state index >= 15 is 0 Å². The van der Waals surface area contributed by atoms with E-state index < -0.39 is 0 Å². The highest BCUT2D eigenvalue weighted by Crippen LogP contribution is 2.09. The Labute approximate surface area is 127 Å². The average Bonchev–Trinajstić information content (AvgIpc) is 2.43. The van der Waals surface area contributed by atoms with Crippen molar-refractivity contribution in [2.24, 2.45) is 0 Å². The molecule has 0 nitrogen and oxygen atoms in total. The molecule has 0 aromatic heterocycles. The maximum atomic E-state index is 4.23. The summed E-state index contributed by atoms with van der Waals surface area (Å²) < 4.78 is 0. The highest BCUT2D eigenvalue weighted by atomic mass is 32.1. The quantitative estimate of drug-likeness (QED) is 0.188. The molecule has 0 N–H and O–H groups in total. The fourth-order valence-corrected chi connectivity index (χ4v) is 2.58. The van der Waals surface area contributed by atoms with Crippen LogP contribution in [0.15, 0.2) is 12.2 Å². The molecule has 0 aliphatic heterocycles. The van der Waals surface area contributed by atoms with E-state index in [1.165, 1.54) is 89.9 Å². The molecule has 0 radical (unpaired) electrons. The number of thiol groups is 1. The zero-order valence-corrected chi connectivity index (χ0v) is 14.1. The third kappa shape index (κ3) is 18.1. The fourth-order valence-electron chi connectivity index (χ4n) is 2.36. The molecular formula is C18H36S. The van der Waals surface area contributed by atoms with Crippen LogP contribution in [0.5, 0.6) is 0 Å². The molecular weight excluding hydrogens is 248 g/mol. The van der Waals surface area contributed by atoms with Crippen molar-refractivity contribution in [2.75, 3.05) is 5.75 Å². The van der Waals surface area contributed by atoms with Gasteiger partial charge in [-0.25, -0.2) is 0 Å². The van der Waals surface area contributed by atoms with Crippen molar-refractivity contribution in [3.63, 3.8) is 0 Å². The molecule has 0 atom stereocenters. The van der Waals surface area contributed by atoms with E-state index in [-0.39, 0.29) is 0 Å². The molecule has 0 aromatic rings. The minimum Gasteiger partial charge on any atom is -0.179 e. The topological polar surface area (TPSA) is 0 Å². The lowest BCUT2D eigenvalue weighted by Gasteiger charge is -1.99. The van der Waals surface area contributed by atoms with Crippen LogP contribution in [0, 0.1) is 0 Å². The van der Waals surface area contributed by atoms with E-state index in [9.17, 15) is 0 Å². The van der Waals surface area contributed by atoms with Crippen molar-refractivity contribution in [3.8, 4) is 0 Å². The summed E-state index contributed by atoms with van der Waals surface area (Å²) in [6.45, 7) is 2.28. The molecule has 0 rings (SSSR count). The van der Waals surface area contributed by atoms with Crippen LogP contribution < -0.4 is 0 Å². The van der Waals surface area contributed by atoms with Gasteiger partial charge in [-0.2, -0.15) is 12.6 Å². The molecule has 0 aliphatic carbocycles. The van der Waals surface area contributed by atoms with E-state index in [1.54, 1.807) is 0 Å². The molecule has 19 heavy (non-hydrogen) atoms. The van der Waals surface area contributed by atoms with E-state index in [0.717, 1.165) is 5.75 Å². The van der Waals surface area contributed by atoms with Crippen molar-refractivity contribution >= 4 is 12.6 Å². The second-order valence-corrected chi connectivity index (χ2v) is 6.11. The van der Waals surface area contributed by atoms with Gasteiger partial charge in [-0.3, -0.25) is 0 Å². The van der Waals surface area contributed by atoms with Gasteiger partial charge in [-0.05, 0) is 37.9 Å². The zero-order chi connectivity index (χ0) is 14.0. The third-order valence-electron chi connectivity index (χ3n) is 3.67.